The summed E-state index contributed by atoms with van der Waals surface area (Å²) < 4.78 is 5.25. The van der Waals surface area contributed by atoms with Gasteiger partial charge in [-0.3, -0.25) is 19.6 Å². The van der Waals surface area contributed by atoms with Gasteiger partial charge in [-0.05, 0) is 25.0 Å². The fourth-order valence-electron chi connectivity index (χ4n) is 3.81. The molecule has 0 radical (unpaired) electrons. The molecule has 1 unspecified atom stereocenters. The molecule has 0 aliphatic heterocycles. The van der Waals surface area contributed by atoms with Crippen LogP contribution in [0.5, 0.6) is 5.75 Å². The van der Waals surface area contributed by atoms with Gasteiger partial charge in [0.25, 0.3) is 5.91 Å². The highest BCUT2D eigenvalue weighted by Crippen LogP contribution is 2.27. The van der Waals surface area contributed by atoms with E-state index >= 15 is 0 Å². The van der Waals surface area contributed by atoms with Crippen molar-refractivity contribution >= 4 is 34.1 Å². The van der Waals surface area contributed by atoms with E-state index in [1.165, 1.54) is 11.3 Å². The molecule has 1 aromatic carbocycles. The molecule has 0 bridgehead atoms. The number of aromatic nitrogens is 4. The summed E-state index contributed by atoms with van der Waals surface area (Å²) in [6.45, 7) is 0. The average molecular weight is 493 g/mol. The van der Waals surface area contributed by atoms with Crippen LogP contribution in [0.25, 0.3) is 22.2 Å². The SMILES string of the molecule is CNC(=O)CCCCCC(NC(=O)c1cncs1)c1ncc(-c2ccc3cc(OC)cnc3c2)[nH]1. The van der Waals surface area contributed by atoms with Crippen molar-refractivity contribution in [3.8, 4) is 17.0 Å². The number of amides is 2. The van der Waals surface area contributed by atoms with Crippen LogP contribution in [-0.2, 0) is 4.79 Å². The molecule has 10 heteroatoms. The Morgan fingerprint density at radius 3 is 2.77 bits per heavy atom. The van der Waals surface area contributed by atoms with E-state index in [4.69, 9.17) is 4.74 Å². The van der Waals surface area contributed by atoms with E-state index in [1.54, 1.807) is 38.3 Å². The highest BCUT2D eigenvalue weighted by atomic mass is 32.1. The number of thiazole rings is 1. The molecule has 35 heavy (non-hydrogen) atoms. The van der Waals surface area contributed by atoms with Crippen LogP contribution in [0.15, 0.2) is 48.4 Å². The van der Waals surface area contributed by atoms with Gasteiger partial charge in [-0.15, -0.1) is 11.3 Å². The zero-order valence-corrected chi connectivity index (χ0v) is 20.5. The second kappa shape index (κ2) is 11.6. The third-order valence-corrected chi connectivity index (χ3v) is 6.54. The van der Waals surface area contributed by atoms with Gasteiger partial charge in [0.15, 0.2) is 0 Å². The minimum absolute atomic E-state index is 0.0408. The van der Waals surface area contributed by atoms with Crippen LogP contribution >= 0.6 is 11.3 Å². The van der Waals surface area contributed by atoms with E-state index < -0.39 is 0 Å². The number of hydrogen-bond acceptors (Lipinski definition) is 7. The average Bonchev–Trinajstić information content (AvgIpc) is 3.60. The number of ether oxygens (including phenoxy) is 1. The summed E-state index contributed by atoms with van der Waals surface area (Å²) in [4.78, 5) is 41.2. The number of fused-ring (bicyclic) bond motifs is 1. The zero-order valence-electron chi connectivity index (χ0n) is 19.7. The fourth-order valence-corrected chi connectivity index (χ4v) is 4.33. The van der Waals surface area contributed by atoms with Gasteiger partial charge in [0, 0.05) is 24.4 Å². The Kier molecular flexibility index (Phi) is 8.04. The van der Waals surface area contributed by atoms with Crippen LogP contribution in [0.3, 0.4) is 0 Å². The molecule has 4 aromatic rings. The highest BCUT2D eigenvalue weighted by molar-refractivity contribution is 7.11. The number of H-pyrrole nitrogens is 1. The summed E-state index contributed by atoms with van der Waals surface area (Å²) in [5.41, 5.74) is 4.28. The third-order valence-electron chi connectivity index (χ3n) is 5.77. The second-order valence-electron chi connectivity index (χ2n) is 8.13. The number of pyridine rings is 1. The summed E-state index contributed by atoms with van der Waals surface area (Å²) >= 11 is 1.30. The summed E-state index contributed by atoms with van der Waals surface area (Å²) in [5, 5.41) is 6.71. The van der Waals surface area contributed by atoms with Crippen molar-refractivity contribution in [1.82, 2.24) is 30.6 Å². The molecule has 0 fully saturated rings. The smallest absolute Gasteiger partial charge is 0.263 e. The number of unbranched alkanes of at least 4 members (excludes halogenated alkanes) is 2. The molecule has 3 aromatic heterocycles. The molecule has 0 aliphatic rings. The van der Waals surface area contributed by atoms with Crippen molar-refractivity contribution in [3.05, 3.63) is 59.1 Å². The lowest BCUT2D eigenvalue weighted by atomic mass is 10.1. The molecule has 2 amide bonds. The number of carbonyl (C=O) groups is 2. The molecule has 9 nitrogen and oxygen atoms in total. The van der Waals surface area contributed by atoms with Crippen molar-refractivity contribution in [2.45, 2.75) is 38.1 Å². The van der Waals surface area contributed by atoms with Crippen molar-refractivity contribution < 1.29 is 14.3 Å². The first kappa shape index (κ1) is 24.3. The number of methoxy groups -OCH3 is 1. The number of rotatable bonds is 11. The molecule has 0 spiro atoms. The first-order valence-corrected chi connectivity index (χ1v) is 12.3. The van der Waals surface area contributed by atoms with E-state index in [2.05, 4.69) is 30.6 Å². The predicted molar refractivity (Wildman–Crippen MR) is 135 cm³/mol. The lowest BCUT2D eigenvalue weighted by Crippen LogP contribution is -2.28. The number of aromatic amines is 1. The molecular weight excluding hydrogens is 464 g/mol. The molecule has 3 heterocycles. The Balaban J connectivity index is 1.49. The lowest BCUT2D eigenvalue weighted by molar-refractivity contribution is -0.120. The van der Waals surface area contributed by atoms with Crippen LogP contribution in [0.1, 0.15) is 53.6 Å². The Labute approximate surface area is 207 Å². The molecule has 1 atom stereocenters. The summed E-state index contributed by atoms with van der Waals surface area (Å²) in [6, 6.07) is 7.65. The minimum atomic E-state index is -0.291. The van der Waals surface area contributed by atoms with Gasteiger partial charge in [-0.1, -0.05) is 25.0 Å². The Morgan fingerprint density at radius 1 is 1.11 bits per heavy atom. The normalized spacial score (nSPS) is 11.8. The van der Waals surface area contributed by atoms with Crippen molar-refractivity contribution in [2.75, 3.05) is 14.2 Å². The van der Waals surface area contributed by atoms with E-state index in [1.807, 2.05) is 24.3 Å². The number of carbonyl (C=O) groups excluding carboxylic acids is 2. The van der Waals surface area contributed by atoms with Gasteiger partial charge in [0.2, 0.25) is 5.91 Å². The molecule has 0 saturated carbocycles. The van der Waals surface area contributed by atoms with Crippen LogP contribution in [0.2, 0.25) is 0 Å². The van der Waals surface area contributed by atoms with E-state index in [0.29, 0.717) is 29.3 Å². The summed E-state index contributed by atoms with van der Waals surface area (Å²) in [6.07, 6.45) is 8.76. The first-order valence-electron chi connectivity index (χ1n) is 11.5. The van der Waals surface area contributed by atoms with Crippen LogP contribution in [0.4, 0.5) is 0 Å². The van der Waals surface area contributed by atoms with E-state index in [-0.39, 0.29) is 17.9 Å². The largest absolute Gasteiger partial charge is 0.495 e. The van der Waals surface area contributed by atoms with Gasteiger partial charge in [0.05, 0.1) is 48.5 Å². The van der Waals surface area contributed by atoms with Gasteiger partial charge >= 0.3 is 0 Å². The fraction of sp³-hybridized carbons (Fsp3) is 0.320. The van der Waals surface area contributed by atoms with Crippen LogP contribution < -0.4 is 15.4 Å². The molecule has 0 saturated heterocycles. The summed E-state index contributed by atoms with van der Waals surface area (Å²) in [7, 11) is 3.26. The Morgan fingerprint density at radius 2 is 2.00 bits per heavy atom. The summed E-state index contributed by atoms with van der Waals surface area (Å²) in [5.74, 6) is 1.26. The van der Waals surface area contributed by atoms with Gasteiger partial charge in [0.1, 0.15) is 16.5 Å². The standard InChI is InChI=1S/C25H28N6O3S/c1-26-23(32)7-5-3-4-6-19(31-25(33)22-14-27-15-35-22)24-29-13-21(30-24)17-9-8-16-10-18(34-2)12-28-20(16)11-17/h8-15,19H,3-7H2,1-2H3,(H,26,32)(H,29,30)(H,31,33). The second-order valence-corrected chi connectivity index (χ2v) is 9.02. The molecule has 3 N–H and O–H groups in total. The Bertz CT molecular complexity index is 1290. The number of hydrogen-bond donors (Lipinski definition) is 3. The zero-order chi connectivity index (χ0) is 24.6. The van der Waals surface area contributed by atoms with Crippen LogP contribution in [-0.4, -0.2) is 45.9 Å². The lowest BCUT2D eigenvalue weighted by Gasteiger charge is -2.16. The van der Waals surface area contributed by atoms with Gasteiger partial charge in [-0.25, -0.2) is 4.98 Å². The van der Waals surface area contributed by atoms with Gasteiger partial charge < -0.3 is 20.4 Å². The molecule has 4 rings (SSSR count). The first-order chi connectivity index (χ1) is 17.1. The van der Waals surface area contributed by atoms with Crippen molar-refractivity contribution in [3.63, 3.8) is 0 Å². The van der Waals surface area contributed by atoms with E-state index in [0.717, 1.165) is 41.4 Å². The maximum absolute atomic E-state index is 12.7. The molecule has 182 valence electrons. The maximum Gasteiger partial charge on any atom is 0.263 e. The number of nitrogens with zero attached hydrogens (tertiary/aromatic N) is 3. The monoisotopic (exact) mass is 492 g/mol. The molecular formula is C25H28N6O3S. The number of benzene rings is 1. The van der Waals surface area contributed by atoms with Crippen molar-refractivity contribution in [2.24, 2.45) is 0 Å². The van der Waals surface area contributed by atoms with Crippen LogP contribution in [0, 0.1) is 0 Å². The third kappa shape index (κ3) is 6.21. The van der Waals surface area contributed by atoms with E-state index in [9.17, 15) is 9.59 Å². The minimum Gasteiger partial charge on any atom is -0.495 e. The Hall–Kier alpha value is -3.79. The van der Waals surface area contributed by atoms with Gasteiger partial charge in [-0.2, -0.15) is 0 Å². The number of nitrogens with one attached hydrogen (secondary N) is 3. The molecule has 0 aliphatic carbocycles. The van der Waals surface area contributed by atoms with Crippen molar-refractivity contribution in [1.29, 1.82) is 0 Å². The topological polar surface area (TPSA) is 122 Å². The highest BCUT2D eigenvalue weighted by Gasteiger charge is 2.20. The predicted octanol–water partition coefficient (Wildman–Crippen LogP) is 4.26. The number of imidazole rings is 1. The maximum atomic E-state index is 12.7. The quantitative estimate of drug-likeness (QED) is 0.269.